The molecule has 170 valence electrons. The fourth-order valence-electron chi connectivity index (χ4n) is 3.06. The number of hydrogen-bond donors (Lipinski definition) is 2. The third kappa shape index (κ3) is 6.57. The lowest BCUT2D eigenvalue weighted by Crippen LogP contribution is -2.41. The lowest BCUT2D eigenvalue weighted by Gasteiger charge is -2.24. The number of carbonyl (C=O) groups is 2. The van der Waals surface area contributed by atoms with Crippen molar-refractivity contribution in [2.45, 2.75) is 72.8 Å². The van der Waals surface area contributed by atoms with E-state index in [9.17, 15) is 9.59 Å². The first kappa shape index (κ1) is 24.4. The SMILES string of the molecule is CCc1ccc(NC(=O)N(CC)CC(=O)Nc2cc(C(C)(C)C)nn2C(C)(C)C)cc1. The number of rotatable bonds is 6. The Morgan fingerprint density at radius 2 is 1.61 bits per heavy atom. The summed E-state index contributed by atoms with van der Waals surface area (Å²) in [7, 11) is 0. The van der Waals surface area contributed by atoms with Crippen LogP contribution in [0.3, 0.4) is 0 Å². The van der Waals surface area contributed by atoms with Crippen molar-refractivity contribution in [1.29, 1.82) is 0 Å². The van der Waals surface area contributed by atoms with Crippen molar-refractivity contribution in [2.24, 2.45) is 0 Å². The van der Waals surface area contributed by atoms with E-state index >= 15 is 0 Å². The summed E-state index contributed by atoms with van der Waals surface area (Å²) >= 11 is 0. The molecule has 2 aromatic rings. The first-order valence-electron chi connectivity index (χ1n) is 10.9. The molecule has 0 saturated heterocycles. The number of aromatic nitrogens is 2. The quantitative estimate of drug-likeness (QED) is 0.681. The standard InChI is InChI=1S/C24H37N5O2/c1-9-17-11-13-18(14-12-17)25-22(31)28(10-2)16-21(30)26-20-15-19(23(3,4)5)27-29(20)24(6,7)8/h11-15H,9-10,16H2,1-8H3,(H,25,31)(H,26,30). The van der Waals surface area contributed by atoms with E-state index in [0.717, 1.165) is 12.1 Å². The molecule has 0 bridgehead atoms. The van der Waals surface area contributed by atoms with Gasteiger partial charge in [0.15, 0.2) is 0 Å². The van der Waals surface area contributed by atoms with Crippen LogP contribution in [0.5, 0.6) is 0 Å². The van der Waals surface area contributed by atoms with Gasteiger partial charge in [-0.2, -0.15) is 5.10 Å². The average Bonchev–Trinajstić information content (AvgIpc) is 3.11. The Kier molecular flexibility index (Phi) is 7.52. The molecule has 0 unspecified atom stereocenters. The van der Waals surface area contributed by atoms with Gasteiger partial charge in [0.1, 0.15) is 12.4 Å². The maximum Gasteiger partial charge on any atom is 0.322 e. The summed E-state index contributed by atoms with van der Waals surface area (Å²) in [4.78, 5) is 26.9. The van der Waals surface area contributed by atoms with Gasteiger partial charge in [0.05, 0.1) is 11.2 Å². The monoisotopic (exact) mass is 427 g/mol. The topological polar surface area (TPSA) is 79.3 Å². The van der Waals surface area contributed by atoms with Crippen LogP contribution in [0.4, 0.5) is 16.3 Å². The van der Waals surface area contributed by atoms with Crippen LogP contribution in [0.15, 0.2) is 30.3 Å². The highest BCUT2D eigenvalue weighted by Crippen LogP contribution is 2.28. The molecule has 0 spiro atoms. The summed E-state index contributed by atoms with van der Waals surface area (Å²) in [6.07, 6.45) is 0.942. The Morgan fingerprint density at radius 1 is 1.00 bits per heavy atom. The van der Waals surface area contributed by atoms with Gasteiger partial charge in [-0.1, -0.05) is 39.8 Å². The predicted molar refractivity (Wildman–Crippen MR) is 127 cm³/mol. The zero-order valence-electron chi connectivity index (χ0n) is 20.2. The minimum Gasteiger partial charge on any atom is -0.315 e. The summed E-state index contributed by atoms with van der Waals surface area (Å²) in [6, 6.07) is 9.33. The van der Waals surface area contributed by atoms with Crippen molar-refractivity contribution in [3.05, 3.63) is 41.6 Å². The van der Waals surface area contributed by atoms with Crippen molar-refractivity contribution in [1.82, 2.24) is 14.7 Å². The van der Waals surface area contributed by atoms with Gasteiger partial charge in [-0.05, 0) is 51.8 Å². The van der Waals surface area contributed by atoms with Crippen LogP contribution in [0.2, 0.25) is 0 Å². The molecule has 0 saturated carbocycles. The molecular weight excluding hydrogens is 390 g/mol. The maximum atomic E-state index is 12.8. The second-order valence-electron chi connectivity index (χ2n) is 9.79. The molecule has 2 rings (SSSR count). The summed E-state index contributed by atoms with van der Waals surface area (Å²) in [5.41, 5.74) is 2.38. The lowest BCUT2D eigenvalue weighted by molar-refractivity contribution is -0.116. The normalized spacial score (nSPS) is 11.9. The molecule has 31 heavy (non-hydrogen) atoms. The molecule has 0 aliphatic carbocycles. The predicted octanol–water partition coefficient (Wildman–Crippen LogP) is 4.99. The molecule has 1 aromatic carbocycles. The fraction of sp³-hybridized carbons (Fsp3) is 0.542. The average molecular weight is 428 g/mol. The van der Waals surface area contributed by atoms with Crippen LogP contribution < -0.4 is 10.6 Å². The zero-order valence-corrected chi connectivity index (χ0v) is 20.2. The van der Waals surface area contributed by atoms with E-state index < -0.39 is 0 Å². The van der Waals surface area contributed by atoms with Crippen LogP contribution in [-0.4, -0.2) is 39.7 Å². The number of likely N-dealkylation sites (N-methyl/N-ethyl adjacent to an activating group) is 1. The molecule has 1 heterocycles. The van der Waals surface area contributed by atoms with Crippen molar-refractivity contribution < 1.29 is 9.59 Å². The molecule has 2 N–H and O–H groups in total. The summed E-state index contributed by atoms with van der Waals surface area (Å²) in [5.74, 6) is 0.373. The van der Waals surface area contributed by atoms with Crippen LogP contribution in [0.25, 0.3) is 0 Å². The minimum absolute atomic E-state index is 0.0461. The number of urea groups is 1. The van der Waals surface area contributed by atoms with Gasteiger partial charge in [0.2, 0.25) is 5.91 Å². The van der Waals surface area contributed by atoms with Gasteiger partial charge in [-0.15, -0.1) is 0 Å². The Labute approximate surface area is 186 Å². The molecule has 7 nitrogen and oxygen atoms in total. The largest absolute Gasteiger partial charge is 0.322 e. The summed E-state index contributed by atoms with van der Waals surface area (Å²) in [5, 5.41) is 10.5. The van der Waals surface area contributed by atoms with E-state index in [2.05, 4.69) is 38.3 Å². The maximum absolute atomic E-state index is 12.8. The van der Waals surface area contributed by atoms with Gasteiger partial charge < -0.3 is 15.5 Å². The van der Waals surface area contributed by atoms with Crippen LogP contribution in [0.1, 0.15) is 66.6 Å². The van der Waals surface area contributed by atoms with Crippen molar-refractivity contribution >= 4 is 23.4 Å². The summed E-state index contributed by atoms with van der Waals surface area (Å²) < 4.78 is 1.83. The molecule has 1 aromatic heterocycles. The van der Waals surface area contributed by atoms with Crippen LogP contribution >= 0.6 is 0 Å². The highest BCUT2D eigenvalue weighted by Gasteiger charge is 2.26. The number of anilines is 2. The Hall–Kier alpha value is -2.83. The Bertz CT molecular complexity index is 902. The van der Waals surface area contributed by atoms with E-state index in [-0.39, 0.29) is 29.4 Å². The second-order valence-corrected chi connectivity index (χ2v) is 9.79. The van der Waals surface area contributed by atoms with E-state index in [1.54, 1.807) is 0 Å². The molecule has 0 radical (unpaired) electrons. The minimum atomic E-state index is -0.304. The number of nitrogens with one attached hydrogen (secondary N) is 2. The highest BCUT2D eigenvalue weighted by atomic mass is 16.2. The van der Waals surface area contributed by atoms with E-state index in [1.807, 2.05) is 62.7 Å². The molecule has 3 amide bonds. The van der Waals surface area contributed by atoms with Crippen molar-refractivity contribution in [2.75, 3.05) is 23.7 Å². The highest BCUT2D eigenvalue weighted by molar-refractivity contribution is 5.96. The van der Waals surface area contributed by atoms with E-state index in [4.69, 9.17) is 5.10 Å². The van der Waals surface area contributed by atoms with Crippen LogP contribution in [-0.2, 0) is 22.2 Å². The van der Waals surface area contributed by atoms with Gasteiger partial charge in [0.25, 0.3) is 0 Å². The summed E-state index contributed by atoms with van der Waals surface area (Å²) in [6.45, 7) is 16.7. The number of hydrogen-bond acceptors (Lipinski definition) is 3. The number of nitrogens with zero attached hydrogens (tertiary/aromatic N) is 3. The van der Waals surface area contributed by atoms with Crippen molar-refractivity contribution in [3.63, 3.8) is 0 Å². The number of amides is 3. The fourth-order valence-corrected chi connectivity index (χ4v) is 3.06. The molecule has 0 fully saturated rings. The first-order chi connectivity index (χ1) is 14.3. The van der Waals surface area contributed by atoms with Gasteiger partial charge in [-0.25, -0.2) is 9.48 Å². The van der Waals surface area contributed by atoms with Crippen LogP contribution in [0, 0.1) is 0 Å². The van der Waals surface area contributed by atoms with Crippen molar-refractivity contribution in [3.8, 4) is 0 Å². The Balaban J connectivity index is 2.10. The van der Waals surface area contributed by atoms with Gasteiger partial charge >= 0.3 is 6.03 Å². The molecule has 0 atom stereocenters. The second kappa shape index (κ2) is 9.54. The first-order valence-corrected chi connectivity index (χ1v) is 10.9. The van der Waals surface area contributed by atoms with E-state index in [1.165, 1.54) is 10.5 Å². The zero-order chi connectivity index (χ0) is 23.4. The smallest absolute Gasteiger partial charge is 0.315 e. The third-order valence-corrected chi connectivity index (χ3v) is 5.00. The number of benzene rings is 1. The Morgan fingerprint density at radius 3 is 2.10 bits per heavy atom. The van der Waals surface area contributed by atoms with E-state index in [0.29, 0.717) is 18.1 Å². The lowest BCUT2D eigenvalue weighted by atomic mass is 9.92. The molecule has 0 aliphatic rings. The number of carbonyl (C=O) groups excluding carboxylic acids is 2. The number of aryl methyl sites for hydroxylation is 1. The molecular formula is C24H37N5O2. The molecule has 7 heteroatoms. The van der Waals surface area contributed by atoms with Gasteiger partial charge in [-0.3, -0.25) is 4.79 Å². The molecule has 0 aliphatic heterocycles. The third-order valence-electron chi connectivity index (χ3n) is 5.00. The van der Waals surface area contributed by atoms with Gasteiger partial charge in [0, 0.05) is 23.7 Å².